The van der Waals surface area contributed by atoms with Crippen LogP contribution in [0, 0.1) is 0 Å². The average molecular weight is 298 g/mol. The predicted octanol–water partition coefficient (Wildman–Crippen LogP) is 3.06. The van der Waals surface area contributed by atoms with Crippen LogP contribution in [-0.4, -0.2) is 9.55 Å². The Morgan fingerprint density at radius 1 is 1.50 bits per heavy atom. The highest BCUT2D eigenvalue weighted by atomic mass is 79.9. The minimum Gasteiger partial charge on any atom is -0.398 e. The molecule has 3 nitrogen and oxygen atoms in total. The highest BCUT2D eigenvalue weighted by Gasteiger charge is 2.04. The van der Waals surface area contributed by atoms with Gasteiger partial charge in [0.15, 0.2) is 0 Å². The lowest BCUT2D eigenvalue weighted by atomic mass is 10.3. The quantitative estimate of drug-likeness (QED) is 0.699. The summed E-state index contributed by atoms with van der Waals surface area (Å²) in [5, 5.41) is 0. The third-order valence-electron chi connectivity index (χ3n) is 2.25. The number of imidazole rings is 1. The molecule has 1 aromatic heterocycles. The van der Waals surface area contributed by atoms with Crippen LogP contribution >= 0.6 is 27.7 Å². The normalized spacial score (nSPS) is 10.6. The van der Waals surface area contributed by atoms with Crippen molar-refractivity contribution in [1.29, 1.82) is 0 Å². The fourth-order valence-electron chi connectivity index (χ4n) is 1.33. The minimum atomic E-state index is 0.800. The number of nitrogens with zero attached hydrogens (tertiary/aromatic N) is 2. The van der Waals surface area contributed by atoms with Gasteiger partial charge in [-0.3, -0.25) is 0 Å². The monoisotopic (exact) mass is 297 g/mol. The number of halogens is 1. The third kappa shape index (κ3) is 2.59. The van der Waals surface area contributed by atoms with Gasteiger partial charge in [0, 0.05) is 34.5 Å². The second-order valence-corrected chi connectivity index (χ2v) is 5.36. The number of hydrogen-bond donors (Lipinski definition) is 1. The van der Waals surface area contributed by atoms with Crippen LogP contribution in [-0.2, 0) is 12.8 Å². The summed E-state index contributed by atoms with van der Waals surface area (Å²) in [5.74, 6) is 1.88. The second-order valence-electron chi connectivity index (χ2n) is 3.43. The molecule has 0 unspecified atom stereocenters. The van der Waals surface area contributed by atoms with Gasteiger partial charge in [0.2, 0.25) is 0 Å². The molecule has 0 saturated carbocycles. The fourth-order valence-corrected chi connectivity index (χ4v) is 2.66. The number of benzene rings is 1. The number of aromatic nitrogens is 2. The van der Waals surface area contributed by atoms with Gasteiger partial charge < -0.3 is 10.3 Å². The van der Waals surface area contributed by atoms with E-state index in [0.717, 1.165) is 26.6 Å². The third-order valence-corrected chi connectivity index (χ3v) is 3.83. The maximum Gasteiger partial charge on any atom is 0.118 e. The summed E-state index contributed by atoms with van der Waals surface area (Å²) in [6.45, 7) is 0. The van der Waals surface area contributed by atoms with E-state index in [1.165, 1.54) is 0 Å². The largest absolute Gasteiger partial charge is 0.398 e. The van der Waals surface area contributed by atoms with Gasteiger partial charge in [-0.2, -0.15) is 0 Å². The number of aryl methyl sites for hydroxylation is 1. The van der Waals surface area contributed by atoms with Gasteiger partial charge in [-0.05, 0) is 18.2 Å². The van der Waals surface area contributed by atoms with E-state index < -0.39 is 0 Å². The smallest absolute Gasteiger partial charge is 0.118 e. The number of nitrogens with two attached hydrogens (primary N) is 1. The van der Waals surface area contributed by atoms with Gasteiger partial charge in [-0.15, -0.1) is 11.8 Å². The molecular weight excluding hydrogens is 286 g/mol. The molecular formula is C11H12BrN3S. The molecule has 0 bridgehead atoms. The van der Waals surface area contributed by atoms with E-state index in [9.17, 15) is 0 Å². The molecule has 2 N–H and O–H groups in total. The van der Waals surface area contributed by atoms with Gasteiger partial charge in [0.25, 0.3) is 0 Å². The molecule has 5 heteroatoms. The van der Waals surface area contributed by atoms with E-state index in [0.29, 0.717) is 0 Å². The molecule has 0 fully saturated rings. The molecule has 84 valence electrons. The SMILES string of the molecule is Cn1ccnc1CSc1ccc(Br)cc1N. The van der Waals surface area contributed by atoms with Gasteiger partial charge in [0.05, 0.1) is 5.75 Å². The molecule has 1 aromatic carbocycles. The van der Waals surface area contributed by atoms with Crippen molar-refractivity contribution in [2.24, 2.45) is 7.05 Å². The molecule has 0 atom stereocenters. The zero-order chi connectivity index (χ0) is 11.5. The van der Waals surface area contributed by atoms with E-state index in [4.69, 9.17) is 5.73 Å². The second kappa shape index (κ2) is 4.93. The van der Waals surface area contributed by atoms with Crippen molar-refractivity contribution in [3.63, 3.8) is 0 Å². The molecule has 0 saturated heterocycles. The van der Waals surface area contributed by atoms with Crippen molar-refractivity contribution in [2.45, 2.75) is 10.6 Å². The van der Waals surface area contributed by atoms with Gasteiger partial charge in [-0.25, -0.2) is 4.98 Å². The fraction of sp³-hybridized carbons (Fsp3) is 0.182. The average Bonchev–Trinajstić information content (AvgIpc) is 2.63. The number of anilines is 1. The Labute approximate surface area is 107 Å². The van der Waals surface area contributed by atoms with Crippen LogP contribution in [0.3, 0.4) is 0 Å². The van der Waals surface area contributed by atoms with Crippen molar-refractivity contribution < 1.29 is 0 Å². The Balaban J connectivity index is 2.08. The van der Waals surface area contributed by atoms with Crippen LogP contribution in [0.25, 0.3) is 0 Å². The number of nitrogen functional groups attached to an aromatic ring is 1. The van der Waals surface area contributed by atoms with Crippen LogP contribution < -0.4 is 5.73 Å². The van der Waals surface area contributed by atoms with Crippen molar-refractivity contribution >= 4 is 33.4 Å². The zero-order valence-corrected chi connectivity index (χ0v) is 11.3. The van der Waals surface area contributed by atoms with Crippen LogP contribution in [0.1, 0.15) is 5.82 Å². The van der Waals surface area contributed by atoms with Gasteiger partial charge in [0.1, 0.15) is 5.82 Å². The van der Waals surface area contributed by atoms with E-state index in [1.54, 1.807) is 18.0 Å². The lowest BCUT2D eigenvalue weighted by Crippen LogP contribution is -1.95. The van der Waals surface area contributed by atoms with Crippen molar-refractivity contribution in [3.8, 4) is 0 Å². The van der Waals surface area contributed by atoms with E-state index in [-0.39, 0.29) is 0 Å². The topological polar surface area (TPSA) is 43.8 Å². The lowest BCUT2D eigenvalue weighted by molar-refractivity contribution is 0.849. The van der Waals surface area contributed by atoms with Gasteiger partial charge in [-0.1, -0.05) is 15.9 Å². The summed E-state index contributed by atoms with van der Waals surface area (Å²) in [7, 11) is 1.99. The molecule has 2 aromatic rings. The lowest BCUT2D eigenvalue weighted by Gasteiger charge is -2.05. The molecule has 0 aliphatic carbocycles. The van der Waals surface area contributed by atoms with Crippen molar-refractivity contribution in [3.05, 3.63) is 40.9 Å². The first kappa shape index (κ1) is 11.5. The first-order chi connectivity index (χ1) is 7.66. The summed E-state index contributed by atoms with van der Waals surface area (Å²) < 4.78 is 3.02. The Hall–Kier alpha value is -0.940. The van der Waals surface area contributed by atoms with Crippen LogP contribution in [0.5, 0.6) is 0 Å². The first-order valence-electron chi connectivity index (χ1n) is 4.81. The number of rotatable bonds is 3. The number of hydrogen-bond acceptors (Lipinski definition) is 3. The van der Waals surface area contributed by atoms with Crippen LogP contribution in [0.2, 0.25) is 0 Å². The molecule has 0 spiro atoms. The van der Waals surface area contributed by atoms with Crippen LogP contribution in [0.15, 0.2) is 40.0 Å². The van der Waals surface area contributed by atoms with Gasteiger partial charge >= 0.3 is 0 Å². The predicted molar refractivity (Wildman–Crippen MR) is 71.3 cm³/mol. The maximum absolute atomic E-state index is 5.92. The Bertz CT molecular complexity index is 496. The molecule has 1 heterocycles. The van der Waals surface area contributed by atoms with Crippen molar-refractivity contribution in [2.75, 3.05) is 5.73 Å². The highest BCUT2D eigenvalue weighted by molar-refractivity contribution is 9.10. The minimum absolute atomic E-state index is 0.800. The Kier molecular flexibility index (Phi) is 3.56. The van der Waals surface area contributed by atoms with Crippen molar-refractivity contribution in [1.82, 2.24) is 9.55 Å². The summed E-state index contributed by atoms with van der Waals surface area (Å²) >= 11 is 5.09. The highest BCUT2D eigenvalue weighted by Crippen LogP contribution is 2.29. The summed E-state index contributed by atoms with van der Waals surface area (Å²) in [5.41, 5.74) is 6.72. The Morgan fingerprint density at radius 3 is 2.94 bits per heavy atom. The summed E-state index contributed by atoms with van der Waals surface area (Å²) in [4.78, 5) is 5.36. The van der Waals surface area contributed by atoms with E-state index in [2.05, 4.69) is 20.9 Å². The van der Waals surface area contributed by atoms with Crippen LogP contribution in [0.4, 0.5) is 5.69 Å². The molecule has 16 heavy (non-hydrogen) atoms. The molecule has 2 rings (SSSR count). The summed E-state index contributed by atoms with van der Waals surface area (Å²) in [6.07, 6.45) is 3.75. The number of thioether (sulfide) groups is 1. The molecule has 0 radical (unpaired) electrons. The standard InChI is InChI=1S/C11H12BrN3S/c1-15-5-4-14-11(15)7-16-10-3-2-8(12)6-9(10)13/h2-6H,7,13H2,1H3. The first-order valence-corrected chi connectivity index (χ1v) is 6.58. The molecule has 0 aliphatic rings. The summed E-state index contributed by atoms with van der Waals surface area (Å²) in [6, 6.07) is 5.94. The molecule has 0 aliphatic heterocycles. The Morgan fingerprint density at radius 2 is 2.31 bits per heavy atom. The maximum atomic E-state index is 5.92. The zero-order valence-electron chi connectivity index (χ0n) is 8.85. The van der Waals surface area contributed by atoms with E-state index >= 15 is 0 Å². The van der Waals surface area contributed by atoms with E-state index in [1.807, 2.05) is 36.0 Å². The molecule has 0 amide bonds.